The van der Waals surface area contributed by atoms with Gasteiger partial charge in [-0.1, -0.05) is 56.0 Å². The van der Waals surface area contributed by atoms with Crippen molar-refractivity contribution in [1.29, 1.82) is 0 Å². The predicted molar refractivity (Wildman–Crippen MR) is 100 cm³/mol. The Morgan fingerprint density at radius 1 is 0.960 bits per heavy atom. The number of hydrogen-bond donors (Lipinski definition) is 3. The summed E-state index contributed by atoms with van der Waals surface area (Å²) in [7, 11) is 0. The molecule has 0 aliphatic heterocycles. The Morgan fingerprint density at radius 2 is 1.68 bits per heavy atom. The molecule has 0 radical (unpaired) electrons. The molecule has 0 spiro atoms. The highest BCUT2D eigenvalue weighted by Crippen LogP contribution is 2.38. The second-order valence-corrected chi connectivity index (χ2v) is 7.09. The van der Waals surface area contributed by atoms with Crippen LogP contribution in [0.5, 0.6) is 0 Å². The van der Waals surface area contributed by atoms with Gasteiger partial charge in [0.15, 0.2) is 0 Å². The molecule has 1 aliphatic rings. The predicted octanol–water partition coefficient (Wildman–Crippen LogP) is 3.23. The first-order chi connectivity index (χ1) is 12.1. The van der Waals surface area contributed by atoms with Gasteiger partial charge in [0.25, 0.3) is 0 Å². The van der Waals surface area contributed by atoms with E-state index in [9.17, 15) is 9.59 Å². The van der Waals surface area contributed by atoms with Crippen molar-refractivity contribution in [3.05, 3.63) is 35.9 Å². The van der Waals surface area contributed by atoms with Gasteiger partial charge in [-0.15, -0.1) is 0 Å². The van der Waals surface area contributed by atoms with E-state index < -0.39 is 6.03 Å². The molecule has 0 aromatic heterocycles. The molecule has 1 saturated carbocycles. The van der Waals surface area contributed by atoms with Crippen LogP contribution in [0.1, 0.15) is 63.4 Å². The Labute approximate surface area is 150 Å². The number of hydrogen-bond acceptors (Lipinski definition) is 2. The van der Waals surface area contributed by atoms with E-state index in [2.05, 4.69) is 34.9 Å². The summed E-state index contributed by atoms with van der Waals surface area (Å²) < 4.78 is 0. The maximum absolute atomic E-state index is 12.2. The van der Waals surface area contributed by atoms with E-state index in [1.807, 2.05) is 6.07 Å². The quantitative estimate of drug-likeness (QED) is 0.600. The zero-order valence-electron chi connectivity index (χ0n) is 15.1. The number of nitrogens with one attached hydrogen (secondary N) is 2. The first-order valence-electron chi connectivity index (χ1n) is 9.48. The number of unbranched alkanes of at least 4 members (excludes halogenated alkanes) is 2. The molecule has 0 unspecified atom stereocenters. The molecule has 0 saturated heterocycles. The molecule has 3 amide bonds. The summed E-state index contributed by atoms with van der Waals surface area (Å²) >= 11 is 0. The van der Waals surface area contributed by atoms with Gasteiger partial charge in [-0.3, -0.25) is 4.79 Å². The Balaban J connectivity index is 1.75. The zero-order valence-corrected chi connectivity index (χ0v) is 15.1. The van der Waals surface area contributed by atoms with Crippen LogP contribution < -0.4 is 16.4 Å². The molecule has 1 aromatic carbocycles. The van der Waals surface area contributed by atoms with Gasteiger partial charge in [0.1, 0.15) is 0 Å². The van der Waals surface area contributed by atoms with Gasteiger partial charge in [-0.25, -0.2) is 4.79 Å². The van der Waals surface area contributed by atoms with Gasteiger partial charge in [-0.05, 0) is 31.2 Å². The molecule has 25 heavy (non-hydrogen) atoms. The minimum atomic E-state index is -0.489. The second-order valence-electron chi connectivity index (χ2n) is 7.09. The van der Waals surface area contributed by atoms with Crippen molar-refractivity contribution < 1.29 is 9.59 Å². The molecule has 5 heteroatoms. The lowest BCUT2D eigenvalue weighted by molar-refractivity contribution is -0.121. The van der Waals surface area contributed by atoms with E-state index in [0.717, 1.165) is 38.6 Å². The van der Waals surface area contributed by atoms with E-state index in [0.29, 0.717) is 13.0 Å². The summed E-state index contributed by atoms with van der Waals surface area (Å²) in [6.45, 7) is 1.31. The summed E-state index contributed by atoms with van der Waals surface area (Å²) in [6, 6.07) is 10.1. The van der Waals surface area contributed by atoms with Crippen LogP contribution in [-0.4, -0.2) is 25.0 Å². The maximum atomic E-state index is 12.2. The van der Waals surface area contributed by atoms with Crippen molar-refractivity contribution >= 4 is 11.9 Å². The lowest BCUT2D eigenvalue weighted by Crippen LogP contribution is -2.42. The van der Waals surface area contributed by atoms with E-state index in [-0.39, 0.29) is 11.3 Å². The topological polar surface area (TPSA) is 84.2 Å². The molecule has 138 valence electrons. The van der Waals surface area contributed by atoms with Gasteiger partial charge in [0, 0.05) is 24.9 Å². The summed E-state index contributed by atoms with van der Waals surface area (Å²) in [6.07, 6.45) is 9.21. The number of carbonyl (C=O) groups is 2. The maximum Gasteiger partial charge on any atom is 0.312 e. The van der Waals surface area contributed by atoms with Gasteiger partial charge in [0.05, 0.1) is 0 Å². The fraction of sp³-hybridized carbons (Fsp3) is 0.600. The van der Waals surface area contributed by atoms with E-state index in [1.54, 1.807) is 0 Å². The number of carbonyl (C=O) groups excluding carboxylic acids is 2. The highest BCUT2D eigenvalue weighted by atomic mass is 16.2. The van der Waals surface area contributed by atoms with Crippen molar-refractivity contribution in [2.45, 2.75) is 63.2 Å². The van der Waals surface area contributed by atoms with Crippen molar-refractivity contribution in [2.75, 3.05) is 13.1 Å². The molecular weight excluding hydrogens is 314 g/mol. The number of rotatable bonds is 9. The summed E-state index contributed by atoms with van der Waals surface area (Å²) in [5, 5.41) is 5.74. The molecule has 4 N–H and O–H groups in total. The first kappa shape index (κ1) is 19.3. The summed E-state index contributed by atoms with van der Waals surface area (Å²) in [5.41, 5.74) is 6.46. The van der Waals surface area contributed by atoms with Crippen LogP contribution in [0.3, 0.4) is 0 Å². The second kappa shape index (κ2) is 10.1. The van der Waals surface area contributed by atoms with Crippen LogP contribution in [-0.2, 0) is 10.2 Å². The molecule has 1 aromatic rings. The average molecular weight is 345 g/mol. The smallest absolute Gasteiger partial charge is 0.312 e. The van der Waals surface area contributed by atoms with Crippen molar-refractivity contribution in [3.8, 4) is 0 Å². The number of urea groups is 1. The molecule has 1 aliphatic carbocycles. The minimum absolute atomic E-state index is 0.0978. The van der Waals surface area contributed by atoms with Gasteiger partial charge >= 0.3 is 6.03 Å². The van der Waals surface area contributed by atoms with E-state index in [1.165, 1.54) is 24.8 Å². The van der Waals surface area contributed by atoms with Crippen LogP contribution >= 0.6 is 0 Å². The van der Waals surface area contributed by atoms with Crippen molar-refractivity contribution in [3.63, 3.8) is 0 Å². The molecule has 0 bridgehead atoms. The molecule has 0 heterocycles. The van der Waals surface area contributed by atoms with E-state index in [4.69, 9.17) is 5.73 Å². The Kier molecular flexibility index (Phi) is 7.76. The third-order valence-electron chi connectivity index (χ3n) is 5.20. The molecular formula is C20H31N3O2. The average Bonchev–Trinajstić information content (AvgIpc) is 2.64. The van der Waals surface area contributed by atoms with Gasteiger partial charge in [0.2, 0.25) is 5.91 Å². The minimum Gasteiger partial charge on any atom is -0.355 e. The molecule has 1 fully saturated rings. The van der Waals surface area contributed by atoms with Crippen LogP contribution in [0.15, 0.2) is 30.3 Å². The number of amides is 3. The van der Waals surface area contributed by atoms with Crippen LogP contribution in [0, 0.1) is 0 Å². The fourth-order valence-corrected chi connectivity index (χ4v) is 3.74. The number of primary amides is 1. The molecule has 5 nitrogen and oxygen atoms in total. The molecule has 2 rings (SSSR count). The lowest BCUT2D eigenvalue weighted by Gasteiger charge is -2.38. The Bertz CT molecular complexity index is 539. The van der Waals surface area contributed by atoms with Crippen molar-refractivity contribution in [1.82, 2.24) is 10.6 Å². The lowest BCUT2D eigenvalue weighted by atomic mass is 9.69. The third kappa shape index (κ3) is 6.40. The summed E-state index contributed by atoms with van der Waals surface area (Å²) in [4.78, 5) is 22.8. The van der Waals surface area contributed by atoms with Crippen LogP contribution in [0.4, 0.5) is 4.79 Å². The Hall–Kier alpha value is -2.04. The largest absolute Gasteiger partial charge is 0.355 e. The first-order valence-corrected chi connectivity index (χ1v) is 9.48. The summed E-state index contributed by atoms with van der Waals surface area (Å²) in [5.74, 6) is 0.128. The van der Waals surface area contributed by atoms with Gasteiger partial charge in [-0.2, -0.15) is 0 Å². The highest BCUT2D eigenvalue weighted by molar-refractivity contribution is 5.76. The van der Waals surface area contributed by atoms with Crippen LogP contribution in [0.25, 0.3) is 0 Å². The van der Waals surface area contributed by atoms with E-state index >= 15 is 0 Å². The SMILES string of the molecule is NC(=O)NCCCCCC(=O)NCC1(c2ccccc2)CCCCC1. The fourth-order valence-electron chi connectivity index (χ4n) is 3.74. The Morgan fingerprint density at radius 3 is 2.36 bits per heavy atom. The van der Waals surface area contributed by atoms with Crippen molar-refractivity contribution in [2.24, 2.45) is 5.73 Å². The normalized spacial score (nSPS) is 16.2. The van der Waals surface area contributed by atoms with Gasteiger partial charge < -0.3 is 16.4 Å². The number of benzene rings is 1. The number of nitrogens with two attached hydrogens (primary N) is 1. The standard InChI is InChI=1S/C20H31N3O2/c21-19(25)22-15-9-2-6-12-18(24)23-16-20(13-7-3-8-14-20)17-10-4-1-5-11-17/h1,4-5,10-11H,2-3,6-9,12-16H2,(H,23,24)(H3,21,22,25). The monoisotopic (exact) mass is 345 g/mol. The molecule has 0 atom stereocenters. The van der Waals surface area contributed by atoms with Crippen LogP contribution in [0.2, 0.25) is 0 Å². The highest BCUT2D eigenvalue weighted by Gasteiger charge is 2.33. The zero-order chi connectivity index (χ0) is 18.0. The third-order valence-corrected chi connectivity index (χ3v) is 5.20.